The lowest BCUT2D eigenvalue weighted by Gasteiger charge is -2.34. The Labute approximate surface area is 105 Å². The lowest BCUT2D eigenvalue weighted by atomic mass is 9.92. The van der Waals surface area contributed by atoms with Crippen LogP contribution in [-0.4, -0.2) is 34.2 Å². The third-order valence-electron chi connectivity index (χ3n) is 3.82. The lowest BCUT2D eigenvalue weighted by Crippen LogP contribution is -2.40. The van der Waals surface area contributed by atoms with E-state index in [0.29, 0.717) is 0 Å². The average Bonchev–Trinajstić information content (AvgIpc) is 2.81. The molecule has 0 radical (unpaired) electrons. The highest BCUT2D eigenvalue weighted by atomic mass is 15.2. The van der Waals surface area contributed by atoms with E-state index in [-0.39, 0.29) is 0 Å². The molecule has 0 fully saturated rings. The van der Waals surface area contributed by atoms with Crippen LogP contribution in [-0.2, 0) is 12.8 Å². The van der Waals surface area contributed by atoms with Gasteiger partial charge in [-0.1, -0.05) is 20.3 Å². The lowest BCUT2D eigenvalue weighted by molar-refractivity contribution is 0.177. The van der Waals surface area contributed by atoms with Crippen LogP contribution in [0.15, 0.2) is 6.20 Å². The summed E-state index contributed by atoms with van der Waals surface area (Å²) in [4.78, 5) is 2.69. The van der Waals surface area contributed by atoms with E-state index >= 15 is 0 Å². The number of fused-ring (bicyclic) bond motifs is 1. The maximum absolute atomic E-state index is 4.16. The van der Waals surface area contributed by atoms with Gasteiger partial charge in [-0.3, -0.25) is 5.10 Å². The monoisotopic (exact) mass is 235 g/mol. The van der Waals surface area contributed by atoms with Crippen LogP contribution in [0.3, 0.4) is 0 Å². The van der Waals surface area contributed by atoms with E-state index in [2.05, 4.69) is 28.9 Å². The van der Waals surface area contributed by atoms with Crippen molar-refractivity contribution in [3.8, 4) is 0 Å². The zero-order valence-electron chi connectivity index (χ0n) is 11.2. The number of H-pyrrole nitrogens is 1. The quantitative estimate of drug-likeness (QED) is 0.822. The number of nitrogens with zero attached hydrogens (tertiary/aromatic N) is 2. The van der Waals surface area contributed by atoms with E-state index in [4.69, 9.17) is 0 Å². The molecule has 1 N–H and O–H groups in total. The Morgan fingerprint density at radius 1 is 1.35 bits per heavy atom. The average molecular weight is 235 g/mol. The van der Waals surface area contributed by atoms with Gasteiger partial charge in [-0.15, -0.1) is 0 Å². The molecule has 1 aliphatic rings. The Bertz CT molecular complexity index is 332. The maximum atomic E-state index is 4.16. The number of unbranched alkanes of at least 4 members (excludes halogenated alkanes) is 1. The van der Waals surface area contributed by atoms with Crippen molar-refractivity contribution >= 4 is 0 Å². The Morgan fingerprint density at radius 3 is 3.00 bits per heavy atom. The summed E-state index contributed by atoms with van der Waals surface area (Å²) in [5.41, 5.74) is 2.81. The first-order valence-electron chi connectivity index (χ1n) is 7.10. The first-order chi connectivity index (χ1) is 8.35. The van der Waals surface area contributed by atoms with Crippen LogP contribution in [0.25, 0.3) is 0 Å². The van der Waals surface area contributed by atoms with Gasteiger partial charge in [0.25, 0.3) is 0 Å². The fraction of sp³-hybridized carbons (Fsp3) is 0.786. The third kappa shape index (κ3) is 3.09. The van der Waals surface area contributed by atoms with Crippen LogP contribution in [0, 0.1) is 0 Å². The first-order valence-corrected chi connectivity index (χ1v) is 7.10. The summed E-state index contributed by atoms with van der Waals surface area (Å²) < 4.78 is 0. The van der Waals surface area contributed by atoms with E-state index < -0.39 is 0 Å². The number of hydrogen-bond acceptors (Lipinski definition) is 2. The summed E-state index contributed by atoms with van der Waals surface area (Å²) in [6.45, 7) is 7.07. The summed E-state index contributed by atoms with van der Waals surface area (Å²) >= 11 is 0. The van der Waals surface area contributed by atoms with Gasteiger partial charge in [-0.2, -0.15) is 5.10 Å². The molecule has 0 saturated heterocycles. The Kier molecular flexibility index (Phi) is 4.60. The summed E-state index contributed by atoms with van der Waals surface area (Å²) in [6, 6.07) is 0.742. The van der Waals surface area contributed by atoms with Crippen LogP contribution in [0.2, 0.25) is 0 Å². The van der Waals surface area contributed by atoms with E-state index in [0.717, 1.165) is 6.04 Å². The van der Waals surface area contributed by atoms with Crippen molar-refractivity contribution < 1.29 is 0 Å². The highest BCUT2D eigenvalue weighted by molar-refractivity contribution is 5.21. The highest BCUT2D eigenvalue weighted by Gasteiger charge is 2.24. The van der Waals surface area contributed by atoms with Gasteiger partial charge in [-0.05, 0) is 50.8 Å². The van der Waals surface area contributed by atoms with Gasteiger partial charge in [0.05, 0.1) is 6.20 Å². The number of aryl methyl sites for hydroxylation is 1. The Morgan fingerprint density at radius 2 is 2.24 bits per heavy atom. The fourth-order valence-corrected chi connectivity index (χ4v) is 2.83. The molecule has 3 nitrogen and oxygen atoms in total. The summed E-state index contributed by atoms with van der Waals surface area (Å²) in [6.07, 6.45) is 9.56. The molecule has 2 rings (SSSR count). The SMILES string of the molecule is CCCCN(CCC)[C@@H]1CCc2[nH]ncc2C1. The normalized spacial score (nSPS) is 19.6. The molecule has 17 heavy (non-hydrogen) atoms. The molecule has 0 saturated carbocycles. The maximum Gasteiger partial charge on any atom is 0.0522 e. The van der Waals surface area contributed by atoms with Crippen molar-refractivity contribution in [1.29, 1.82) is 0 Å². The molecule has 0 aliphatic heterocycles. The number of rotatable bonds is 6. The van der Waals surface area contributed by atoms with E-state index in [1.54, 1.807) is 0 Å². The molecular formula is C14H25N3. The molecule has 1 heterocycles. The molecule has 0 bridgehead atoms. The minimum Gasteiger partial charge on any atom is -0.300 e. The number of aromatic nitrogens is 2. The largest absolute Gasteiger partial charge is 0.300 e. The smallest absolute Gasteiger partial charge is 0.0522 e. The molecule has 0 aromatic carbocycles. The third-order valence-corrected chi connectivity index (χ3v) is 3.82. The van der Waals surface area contributed by atoms with Crippen molar-refractivity contribution in [3.05, 3.63) is 17.5 Å². The molecule has 96 valence electrons. The van der Waals surface area contributed by atoms with Crippen LogP contribution < -0.4 is 0 Å². The Hall–Kier alpha value is -0.830. The van der Waals surface area contributed by atoms with Crippen LogP contribution in [0.5, 0.6) is 0 Å². The number of hydrogen-bond donors (Lipinski definition) is 1. The molecular weight excluding hydrogens is 210 g/mol. The number of aromatic amines is 1. The fourth-order valence-electron chi connectivity index (χ4n) is 2.83. The molecule has 0 spiro atoms. The predicted molar refractivity (Wildman–Crippen MR) is 71.2 cm³/mol. The molecule has 0 unspecified atom stereocenters. The number of nitrogens with one attached hydrogen (secondary N) is 1. The Balaban J connectivity index is 1.96. The summed E-state index contributed by atoms with van der Waals surface area (Å²) in [7, 11) is 0. The van der Waals surface area contributed by atoms with E-state index in [1.807, 2.05) is 6.20 Å². The highest BCUT2D eigenvalue weighted by Crippen LogP contribution is 2.23. The molecule has 0 amide bonds. The van der Waals surface area contributed by atoms with Crippen molar-refractivity contribution in [2.24, 2.45) is 0 Å². The second-order valence-electron chi connectivity index (χ2n) is 5.16. The van der Waals surface area contributed by atoms with E-state index in [9.17, 15) is 0 Å². The zero-order chi connectivity index (χ0) is 12.1. The van der Waals surface area contributed by atoms with Gasteiger partial charge in [0.2, 0.25) is 0 Å². The van der Waals surface area contributed by atoms with Gasteiger partial charge in [0.15, 0.2) is 0 Å². The van der Waals surface area contributed by atoms with Crippen molar-refractivity contribution in [2.75, 3.05) is 13.1 Å². The molecule has 1 aromatic rings. The van der Waals surface area contributed by atoms with Gasteiger partial charge in [0, 0.05) is 11.7 Å². The summed E-state index contributed by atoms with van der Waals surface area (Å²) in [5, 5.41) is 7.29. The molecule has 1 aliphatic carbocycles. The van der Waals surface area contributed by atoms with Crippen molar-refractivity contribution in [2.45, 2.75) is 58.4 Å². The molecule has 3 heteroatoms. The van der Waals surface area contributed by atoms with Gasteiger partial charge in [0.1, 0.15) is 0 Å². The zero-order valence-corrected chi connectivity index (χ0v) is 11.2. The van der Waals surface area contributed by atoms with Crippen molar-refractivity contribution in [1.82, 2.24) is 15.1 Å². The topological polar surface area (TPSA) is 31.9 Å². The first kappa shape index (κ1) is 12.6. The minimum atomic E-state index is 0.742. The standard InChI is InChI=1S/C14H25N3/c1-3-5-9-17(8-4-2)13-6-7-14-12(10-13)11-15-16-14/h11,13H,3-10H2,1-2H3,(H,15,16)/t13-/m1/s1. The predicted octanol–water partition coefficient (Wildman–Crippen LogP) is 2.78. The van der Waals surface area contributed by atoms with Gasteiger partial charge in [-0.25, -0.2) is 0 Å². The molecule has 1 atom stereocenters. The summed E-state index contributed by atoms with van der Waals surface area (Å²) in [5.74, 6) is 0. The molecule has 1 aromatic heterocycles. The van der Waals surface area contributed by atoms with Gasteiger partial charge < -0.3 is 4.90 Å². The second kappa shape index (κ2) is 6.20. The van der Waals surface area contributed by atoms with E-state index in [1.165, 1.54) is 62.9 Å². The van der Waals surface area contributed by atoms with Gasteiger partial charge >= 0.3 is 0 Å². The van der Waals surface area contributed by atoms with Crippen LogP contribution >= 0.6 is 0 Å². The second-order valence-corrected chi connectivity index (χ2v) is 5.16. The van der Waals surface area contributed by atoms with Crippen LogP contribution in [0.1, 0.15) is 50.8 Å². The van der Waals surface area contributed by atoms with Crippen molar-refractivity contribution in [3.63, 3.8) is 0 Å². The minimum absolute atomic E-state index is 0.742. The van der Waals surface area contributed by atoms with Crippen LogP contribution in [0.4, 0.5) is 0 Å².